The lowest BCUT2D eigenvalue weighted by molar-refractivity contribution is 0.0170. The summed E-state index contributed by atoms with van der Waals surface area (Å²) in [5.74, 6) is 0.860. The van der Waals surface area contributed by atoms with E-state index in [1.165, 1.54) is 31.2 Å². The molecule has 1 saturated carbocycles. The Morgan fingerprint density at radius 1 is 1.27 bits per heavy atom. The van der Waals surface area contributed by atoms with Gasteiger partial charge in [0.05, 0.1) is 19.3 Å². The lowest BCUT2D eigenvalue weighted by Gasteiger charge is -2.35. The van der Waals surface area contributed by atoms with Gasteiger partial charge in [-0.05, 0) is 42.4 Å². The second-order valence-corrected chi connectivity index (χ2v) is 8.91. The number of nitrogens with zero attached hydrogens (tertiary/aromatic N) is 2. The Morgan fingerprint density at radius 2 is 2.03 bits per heavy atom. The smallest absolute Gasteiger partial charge is 0.191 e. The van der Waals surface area contributed by atoms with Gasteiger partial charge >= 0.3 is 0 Å². The molecule has 1 aromatic rings. The van der Waals surface area contributed by atoms with Crippen LogP contribution in [0.15, 0.2) is 29.3 Å². The van der Waals surface area contributed by atoms with E-state index in [-0.39, 0.29) is 6.04 Å². The molecule has 0 radical (unpaired) electrons. The van der Waals surface area contributed by atoms with Crippen molar-refractivity contribution in [1.29, 1.82) is 0 Å². The standard InChI is InChI=1S/C23H37ClN4O2/c1-25-22(27-18-23(10-13-29-2)8-3-4-9-23)26-17-21(28-11-14-30-15-12-28)19-6-5-7-20(24)16-19/h5-7,16,21H,3-4,8-15,17-18H2,1-2H3,(H2,25,26,27). The average molecular weight is 437 g/mol. The number of guanidine groups is 1. The van der Waals surface area contributed by atoms with Crippen molar-refractivity contribution in [3.8, 4) is 0 Å². The molecule has 1 saturated heterocycles. The maximum atomic E-state index is 6.29. The van der Waals surface area contributed by atoms with E-state index in [1.54, 1.807) is 7.11 Å². The number of morpholine rings is 1. The third-order valence-electron chi connectivity index (χ3n) is 6.54. The minimum absolute atomic E-state index is 0.222. The minimum Gasteiger partial charge on any atom is -0.385 e. The van der Waals surface area contributed by atoms with E-state index in [9.17, 15) is 0 Å². The number of halogens is 1. The molecular weight excluding hydrogens is 400 g/mol. The summed E-state index contributed by atoms with van der Waals surface area (Å²) in [7, 11) is 3.63. The number of benzene rings is 1. The van der Waals surface area contributed by atoms with Gasteiger partial charge in [0.25, 0.3) is 0 Å². The van der Waals surface area contributed by atoms with Crippen molar-refractivity contribution in [3.05, 3.63) is 34.9 Å². The van der Waals surface area contributed by atoms with Crippen molar-refractivity contribution in [2.45, 2.75) is 38.1 Å². The fourth-order valence-electron chi connectivity index (χ4n) is 4.70. The second kappa shape index (κ2) is 11.9. The van der Waals surface area contributed by atoms with Crippen LogP contribution in [0.4, 0.5) is 0 Å². The van der Waals surface area contributed by atoms with E-state index < -0.39 is 0 Å². The average Bonchev–Trinajstić information content (AvgIpc) is 3.24. The molecule has 0 aromatic heterocycles. The predicted octanol–water partition coefficient (Wildman–Crippen LogP) is 3.48. The lowest BCUT2D eigenvalue weighted by atomic mass is 9.83. The van der Waals surface area contributed by atoms with Crippen LogP contribution in [0, 0.1) is 5.41 Å². The number of hydrogen-bond acceptors (Lipinski definition) is 4. The molecule has 1 unspecified atom stereocenters. The van der Waals surface area contributed by atoms with Crippen LogP contribution < -0.4 is 10.6 Å². The molecule has 1 atom stereocenters. The third-order valence-corrected chi connectivity index (χ3v) is 6.77. The van der Waals surface area contributed by atoms with Gasteiger partial charge < -0.3 is 20.1 Å². The Balaban J connectivity index is 1.61. The molecule has 0 spiro atoms. The first-order valence-electron chi connectivity index (χ1n) is 11.2. The number of hydrogen-bond donors (Lipinski definition) is 2. The van der Waals surface area contributed by atoms with Crippen molar-refractivity contribution in [2.75, 3.05) is 60.2 Å². The van der Waals surface area contributed by atoms with Crippen LogP contribution in [-0.2, 0) is 9.47 Å². The molecule has 2 aliphatic rings. The predicted molar refractivity (Wildman–Crippen MR) is 123 cm³/mol. The summed E-state index contributed by atoms with van der Waals surface area (Å²) in [4.78, 5) is 6.95. The largest absolute Gasteiger partial charge is 0.385 e. The van der Waals surface area contributed by atoms with Crippen molar-refractivity contribution in [1.82, 2.24) is 15.5 Å². The summed E-state index contributed by atoms with van der Waals surface area (Å²) < 4.78 is 10.9. The van der Waals surface area contributed by atoms with E-state index >= 15 is 0 Å². The van der Waals surface area contributed by atoms with Crippen LogP contribution in [0.2, 0.25) is 5.02 Å². The maximum Gasteiger partial charge on any atom is 0.191 e. The molecule has 1 aliphatic heterocycles. The van der Waals surface area contributed by atoms with Crippen LogP contribution in [0.5, 0.6) is 0 Å². The molecule has 1 heterocycles. The molecule has 1 aliphatic carbocycles. The minimum atomic E-state index is 0.222. The van der Waals surface area contributed by atoms with Gasteiger partial charge in [-0.1, -0.05) is 36.6 Å². The van der Waals surface area contributed by atoms with Gasteiger partial charge in [0.2, 0.25) is 0 Å². The van der Waals surface area contributed by atoms with Gasteiger partial charge in [-0.15, -0.1) is 0 Å². The van der Waals surface area contributed by atoms with Gasteiger partial charge in [-0.2, -0.15) is 0 Å². The van der Waals surface area contributed by atoms with Crippen molar-refractivity contribution in [3.63, 3.8) is 0 Å². The van der Waals surface area contributed by atoms with E-state index in [0.29, 0.717) is 5.41 Å². The zero-order valence-electron chi connectivity index (χ0n) is 18.5. The van der Waals surface area contributed by atoms with Crippen LogP contribution in [0.25, 0.3) is 0 Å². The van der Waals surface area contributed by atoms with E-state index in [2.05, 4.69) is 32.7 Å². The Hall–Kier alpha value is -1.34. The number of rotatable bonds is 9. The second-order valence-electron chi connectivity index (χ2n) is 8.48. The Morgan fingerprint density at radius 3 is 2.70 bits per heavy atom. The number of nitrogens with one attached hydrogen (secondary N) is 2. The SMILES string of the molecule is CN=C(NCC(c1cccc(Cl)c1)N1CCOCC1)NCC1(CCOC)CCCC1. The Labute approximate surface area is 186 Å². The van der Waals surface area contributed by atoms with Crippen LogP contribution in [0.1, 0.15) is 43.7 Å². The van der Waals surface area contributed by atoms with E-state index in [4.69, 9.17) is 21.1 Å². The molecule has 7 heteroatoms. The molecule has 3 rings (SSSR count). The summed E-state index contributed by atoms with van der Waals surface area (Å²) >= 11 is 6.29. The summed E-state index contributed by atoms with van der Waals surface area (Å²) in [6, 6.07) is 8.40. The fourth-order valence-corrected chi connectivity index (χ4v) is 4.90. The molecule has 0 bridgehead atoms. The molecular formula is C23H37ClN4O2. The highest BCUT2D eigenvalue weighted by molar-refractivity contribution is 6.30. The monoisotopic (exact) mass is 436 g/mol. The number of ether oxygens (including phenoxy) is 2. The lowest BCUT2D eigenvalue weighted by Crippen LogP contribution is -2.48. The molecule has 30 heavy (non-hydrogen) atoms. The highest BCUT2D eigenvalue weighted by Gasteiger charge is 2.33. The molecule has 0 amide bonds. The van der Waals surface area contributed by atoms with Gasteiger partial charge in [-0.3, -0.25) is 9.89 Å². The number of aliphatic imine (C=N–C) groups is 1. The van der Waals surface area contributed by atoms with E-state index in [1.807, 2.05) is 19.2 Å². The van der Waals surface area contributed by atoms with Crippen molar-refractivity contribution in [2.24, 2.45) is 10.4 Å². The highest BCUT2D eigenvalue weighted by atomic mass is 35.5. The Bertz CT molecular complexity index is 673. The molecule has 2 fully saturated rings. The summed E-state index contributed by atoms with van der Waals surface area (Å²) in [5, 5.41) is 7.93. The first kappa shape index (κ1) is 23.3. The van der Waals surface area contributed by atoms with Crippen molar-refractivity contribution >= 4 is 17.6 Å². The normalized spacial score (nSPS) is 20.8. The van der Waals surface area contributed by atoms with Crippen LogP contribution in [-0.4, -0.2) is 71.0 Å². The summed E-state index contributed by atoms with van der Waals surface area (Å²) in [5.41, 5.74) is 1.55. The summed E-state index contributed by atoms with van der Waals surface area (Å²) in [6.45, 7) is 5.91. The highest BCUT2D eigenvalue weighted by Crippen LogP contribution is 2.40. The van der Waals surface area contributed by atoms with Crippen LogP contribution in [0.3, 0.4) is 0 Å². The van der Waals surface area contributed by atoms with Gasteiger partial charge in [0.15, 0.2) is 5.96 Å². The first-order valence-corrected chi connectivity index (χ1v) is 11.5. The zero-order valence-corrected chi connectivity index (χ0v) is 19.2. The first-order chi connectivity index (χ1) is 14.7. The number of methoxy groups -OCH3 is 1. The van der Waals surface area contributed by atoms with Gasteiger partial charge in [-0.25, -0.2) is 0 Å². The molecule has 1 aromatic carbocycles. The molecule has 168 valence electrons. The maximum absolute atomic E-state index is 6.29. The van der Waals surface area contributed by atoms with Crippen molar-refractivity contribution < 1.29 is 9.47 Å². The molecule has 6 nitrogen and oxygen atoms in total. The quantitative estimate of drug-likeness (QED) is 0.458. The van der Waals surface area contributed by atoms with E-state index in [0.717, 1.165) is 63.4 Å². The van der Waals surface area contributed by atoms with Gasteiger partial charge in [0.1, 0.15) is 0 Å². The van der Waals surface area contributed by atoms with Crippen LogP contribution >= 0.6 is 11.6 Å². The third kappa shape index (κ3) is 6.58. The zero-order chi connectivity index (χ0) is 21.2. The topological polar surface area (TPSA) is 58.1 Å². The fraction of sp³-hybridized carbons (Fsp3) is 0.696. The Kier molecular flexibility index (Phi) is 9.25. The molecule has 2 N–H and O–H groups in total. The van der Waals surface area contributed by atoms with Gasteiger partial charge in [0, 0.05) is 52.0 Å². The summed E-state index contributed by atoms with van der Waals surface area (Å²) in [6.07, 6.45) is 6.25.